The highest BCUT2D eigenvalue weighted by molar-refractivity contribution is 6.34. The van der Waals surface area contributed by atoms with Crippen molar-refractivity contribution >= 4 is 23.4 Å². The Morgan fingerprint density at radius 1 is 1.14 bits per heavy atom. The first kappa shape index (κ1) is 19.6. The standard InChI is InChI=1S/C21H26ClFN2O3/c22-16-4-1-5-17(23)18(16)19(27)25-13-3-11-21(25)10-2-12-24(20(21)28)14-6-8-15(26)9-7-14/h1,4-5,14-15,26H,2-3,6-13H2. The van der Waals surface area contributed by atoms with Gasteiger partial charge in [-0.15, -0.1) is 0 Å². The van der Waals surface area contributed by atoms with Crippen molar-refractivity contribution in [3.8, 4) is 0 Å². The van der Waals surface area contributed by atoms with Gasteiger partial charge in [-0.1, -0.05) is 17.7 Å². The van der Waals surface area contributed by atoms with Crippen molar-refractivity contribution in [3.63, 3.8) is 0 Å². The molecule has 2 saturated heterocycles. The highest BCUT2D eigenvalue weighted by Crippen LogP contribution is 2.41. The molecule has 1 aromatic carbocycles. The summed E-state index contributed by atoms with van der Waals surface area (Å²) < 4.78 is 14.4. The van der Waals surface area contributed by atoms with Crippen molar-refractivity contribution in [3.05, 3.63) is 34.6 Å². The average molecular weight is 409 g/mol. The van der Waals surface area contributed by atoms with E-state index in [4.69, 9.17) is 11.6 Å². The number of piperidine rings is 1. The quantitative estimate of drug-likeness (QED) is 0.816. The molecule has 7 heteroatoms. The van der Waals surface area contributed by atoms with Crippen LogP contribution in [0.15, 0.2) is 18.2 Å². The van der Waals surface area contributed by atoms with E-state index in [1.807, 2.05) is 4.90 Å². The van der Waals surface area contributed by atoms with Crippen molar-refractivity contribution < 1.29 is 19.1 Å². The maximum atomic E-state index is 14.4. The number of hydrogen-bond acceptors (Lipinski definition) is 3. The van der Waals surface area contributed by atoms with E-state index in [0.29, 0.717) is 38.8 Å². The number of aliphatic hydroxyl groups excluding tert-OH is 1. The van der Waals surface area contributed by atoms with E-state index in [9.17, 15) is 19.1 Å². The maximum absolute atomic E-state index is 14.4. The fraction of sp³-hybridized carbons (Fsp3) is 0.619. The second-order valence-electron chi connectivity index (χ2n) is 8.25. The monoisotopic (exact) mass is 408 g/mol. The Balaban J connectivity index is 1.62. The Hall–Kier alpha value is -1.66. The lowest BCUT2D eigenvalue weighted by atomic mass is 9.82. The summed E-state index contributed by atoms with van der Waals surface area (Å²) in [6.45, 7) is 1.12. The number of benzene rings is 1. The van der Waals surface area contributed by atoms with Crippen LogP contribution in [-0.4, -0.2) is 57.5 Å². The molecule has 4 rings (SSSR count). The zero-order valence-corrected chi connectivity index (χ0v) is 16.6. The third kappa shape index (κ3) is 3.20. The van der Waals surface area contributed by atoms with Gasteiger partial charge in [0.15, 0.2) is 0 Å². The van der Waals surface area contributed by atoms with Crippen LogP contribution in [-0.2, 0) is 4.79 Å². The Morgan fingerprint density at radius 2 is 1.82 bits per heavy atom. The van der Waals surface area contributed by atoms with Gasteiger partial charge < -0.3 is 14.9 Å². The number of halogens is 2. The smallest absolute Gasteiger partial charge is 0.259 e. The van der Waals surface area contributed by atoms with Gasteiger partial charge in [-0.3, -0.25) is 9.59 Å². The molecule has 1 unspecified atom stereocenters. The third-order valence-corrected chi connectivity index (χ3v) is 6.98. The molecule has 0 bridgehead atoms. The molecule has 3 aliphatic rings. The number of nitrogens with zero attached hydrogens (tertiary/aromatic N) is 2. The van der Waals surface area contributed by atoms with Crippen molar-refractivity contribution in [1.29, 1.82) is 0 Å². The molecule has 1 aromatic rings. The van der Waals surface area contributed by atoms with Crippen molar-refractivity contribution in [2.45, 2.75) is 69.1 Å². The van der Waals surface area contributed by atoms with Gasteiger partial charge in [0.05, 0.1) is 16.7 Å². The molecule has 1 atom stereocenters. The predicted octanol–water partition coefficient (Wildman–Crippen LogP) is 3.38. The topological polar surface area (TPSA) is 60.9 Å². The summed E-state index contributed by atoms with van der Waals surface area (Å²) in [5.74, 6) is -1.16. The highest BCUT2D eigenvalue weighted by Gasteiger charge is 2.54. The third-order valence-electron chi connectivity index (χ3n) is 6.67. The van der Waals surface area contributed by atoms with E-state index in [1.165, 1.54) is 18.2 Å². The molecular weight excluding hydrogens is 383 g/mol. The van der Waals surface area contributed by atoms with Crippen LogP contribution in [0.3, 0.4) is 0 Å². The van der Waals surface area contributed by atoms with E-state index >= 15 is 0 Å². The lowest BCUT2D eigenvalue weighted by Gasteiger charge is -2.48. The molecule has 2 amide bonds. The molecule has 1 aliphatic carbocycles. The molecule has 0 radical (unpaired) electrons. The van der Waals surface area contributed by atoms with Gasteiger partial charge in [-0.2, -0.15) is 0 Å². The van der Waals surface area contributed by atoms with Crippen LogP contribution in [0, 0.1) is 5.82 Å². The van der Waals surface area contributed by atoms with Gasteiger partial charge >= 0.3 is 0 Å². The van der Waals surface area contributed by atoms with E-state index in [1.54, 1.807) is 4.90 Å². The molecule has 28 heavy (non-hydrogen) atoms. The van der Waals surface area contributed by atoms with Crippen LogP contribution in [0.4, 0.5) is 4.39 Å². The second-order valence-corrected chi connectivity index (χ2v) is 8.66. The van der Waals surface area contributed by atoms with Crippen molar-refractivity contribution in [2.75, 3.05) is 13.1 Å². The van der Waals surface area contributed by atoms with E-state index in [0.717, 1.165) is 25.7 Å². The van der Waals surface area contributed by atoms with Gasteiger partial charge in [0, 0.05) is 19.1 Å². The molecule has 2 aliphatic heterocycles. The maximum Gasteiger partial charge on any atom is 0.259 e. The molecule has 3 fully saturated rings. The molecule has 5 nitrogen and oxygen atoms in total. The molecule has 1 N–H and O–H groups in total. The molecule has 1 spiro atoms. The minimum Gasteiger partial charge on any atom is -0.393 e. The van der Waals surface area contributed by atoms with E-state index in [-0.39, 0.29) is 28.6 Å². The van der Waals surface area contributed by atoms with Crippen molar-refractivity contribution in [1.82, 2.24) is 9.80 Å². The lowest BCUT2D eigenvalue weighted by Crippen LogP contribution is -2.63. The van der Waals surface area contributed by atoms with Gasteiger partial charge in [0.1, 0.15) is 11.4 Å². The minimum absolute atomic E-state index is 0.0153. The van der Waals surface area contributed by atoms with Gasteiger partial charge in [0.2, 0.25) is 5.91 Å². The number of aliphatic hydroxyl groups is 1. The van der Waals surface area contributed by atoms with Gasteiger partial charge in [0.25, 0.3) is 5.91 Å². The summed E-state index contributed by atoms with van der Waals surface area (Å²) in [7, 11) is 0. The van der Waals surface area contributed by atoms with E-state index in [2.05, 4.69) is 0 Å². The van der Waals surface area contributed by atoms with Crippen LogP contribution in [0.5, 0.6) is 0 Å². The molecule has 152 valence electrons. The Bertz CT molecular complexity index is 761. The normalized spacial score (nSPS) is 30.9. The average Bonchev–Trinajstić information content (AvgIpc) is 3.09. The first-order valence-electron chi connectivity index (χ1n) is 10.2. The Kier molecular flexibility index (Phi) is 5.36. The van der Waals surface area contributed by atoms with Crippen LogP contribution < -0.4 is 0 Å². The van der Waals surface area contributed by atoms with Crippen LogP contribution in [0.25, 0.3) is 0 Å². The number of likely N-dealkylation sites (tertiary alicyclic amines) is 2. The van der Waals surface area contributed by atoms with Crippen LogP contribution >= 0.6 is 11.6 Å². The number of rotatable bonds is 2. The fourth-order valence-corrected chi connectivity index (χ4v) is 5.47. The summed E-state index contributed by atoms with van der Waals surface area (Å²) >= 11 is 6.12. The van der Waals surface area contributed by atoms with E-state index < -0.39 is 17.3 Å². The first-order valence-corrected chi connectivity index (χ1v) is 10.6. The van der Waals surface area contributed by atoms with Gasteiger partial charge in [-0.25, -0.2) is 4.39 Å². The fourth-order valence-electron chi connectivity index (χ4n) is 5.23. The first-order chi connectivity index (χ1) is 13.4. The number of hydrogen-bond donors (Lipinski definition) is 1. The Labute approximate surface area is 169 Å². The SMILES string of the molecule is O=C(c1c(F)cccc1Cl)N1CCCC12CCCN(C1CCC(O)CC1)C2=O. The highest BCUT2D eigenvalue weighted by atomic mass is 35.5. The second kappa shape index (κ2) is 7.64. The molecule has 1 saturated carbocycles. The molecule has 0 aromatic heterocycles. The summed E-state index contributed by atoms with van der Waals surface area (Å²) in [5, 5.41) is 9.86. The minimum atomic E-state index is -0.892. The summed E-state index contributed by atoms with van der Waals surface area (Å²) in [6, 6.07) is 4.31. The van der Waals surface area contributed by atoms with Crippen molar-refractivity contribution in [2.24, 2.45) is 0 Å². The number of carbonyl (C=O) groups is 2. The molecule has 2 heterocycles. The lowest BCUT2D eigenvalue weighted by molar-refractivity contribution is -0.149. The van der Waals surface area contributed by atoms with Crippen LogP contribution in [0.2, 0.25) is 5.02 Å². The Morgan fingerprint density at radius 3 is 2.50 bits per heavy atom. The predicted molar refractivity (Wildman–Crippen MR) is 104 cm³/mol. The van der Waals surface area contributed by atoms with Crippen LogP contribution in [0.1, 0.15) is 61.7 Å². The largest absolute Gasteiger partial charge is 0.393 e. The zero-order valence-electron chi connectivity index (χ0n) is 15.9. The number of amides is 2. The number of carbonyl (C=O) groups excluding carboxylic acids is 2. The summed E-state index contributed by atoms with van der Waals surface area (Å²) in [5.41, 5.74) is -1.03. The zero-order chi connectivity index (χ0) is 19.9. The van der Waals surface area contributed by atoms with Gasteiger partial charge in [-0.05, 0) is 63.5 Å². The summed E-state index contributed by atoms with van der Waals surface area (Å²) in [6.07, 6.45) is 5.46. The molecular formula is C21H26ClFN2O3. The summed E-state index contributed by atoms with van der Waals surface area (Å²) in [4.78, 5) is 30.3.